The van der Waals surface area contributed by atoms with Gasteiger partial charge < -0.3 is 10.6 Å². The SMILES string of the molecule is CNc1nc(Cl)nc(Nc2cccc(Cl)c2F)n1. The third kappa shape index (κ3) is 2.77. The number of hydrogen-bond donors (Lipinski definition) is 2. The lowest BCUT2D eigenvalue weighted by Crippen LogP contribution is -2.04. The molecule has 0 bridgehead atoms. The number of nitrogens with one attached hydrogen (secondary N) is 2. The number of nitrogens with zero attached hydrogens (tertiary/aromatic N) is 3. The van der Waals surface area contributed by atoms with Gasteiger partial charge in [-0.15, -0.1) is 0 Å². The zero-order chi connectivity index (χ0) is 13.1. The first-order valence-electron chi connectivity index (χ1n) is 4.90. The maximum atomic E-state index is 13.7. The van der Waals surface area contributed by atoms with E-state index in [1.54, 1.807) is 13.1 Å². The zero-order valence-electron chi connectivity index (χ0n) is 9.21. The van der Waals surface area contributed by atoms with Gasteiger partial charge in [-0.05, 0) is 23.7 Å². The minimum absolute atomic E-state index is 0.000661. The van der Waals surface area contributed by atoms with Crippen LogP contribution >= 0.6 is 23.2 Å². The predicted octanol–water partition coefficient (Wildman–Crippen LogP) is 3.10. The Morgan fingerprint density at radius 1 is 1.11 bits per heavy atom. The van der Waals surface area contributed by atoms with Gasteiger partial charge in [0.15, 0.2) is 5.82 Å². The Labute approximate surface area is 112 Å². The monoisotopic (exact) mass is 287 g/mol. The van der Waals surface area contributed by atoms with Crippen molar-refractivity contribution >= 4 is 40.8 Å². The van der Waals surface area contributed by atoms with Gasteiger partial charge in [0.25, 0.3) is 0 Å². The van der Waals surface area contributed by atoms with Crippen LogP contribution in [0.5, 0.6) is 0 Å². The van der Waals surface area contributed by atoms with Gasteiger partial charge in [-0.25, -0.2) is 4.39 Å². The Hall–Kier alpha value is -1.66. The van der Waals surface area contributed by atoms with E-state index in [1.807, 2.05) is 0 Å². The summed E-state index contributed by atoms with van der Waals surface area (Å²) >= 11 is 11.4. The summed E-state index contributed by atoms with van der Waals surface area (Å²) < 4.78 is 13.7. The van der Waals surface area contributed by atoms with E-state index >= 15 is 0 Å². The highest BCUT2D eigenvalue weighted by molar-refractivity contribution is 6.31. The van der Waals surface area contributed by atoms with Crippen LogP contribution in [-0.4, -0.2) is 22.0 Å². The standard InChI is InChI=1S/C10H8Cl2FN5/c1-14-9-16-8(12)17-10(18-9)15-6-4-2-3-5(11)7(6)13/h2-4H,1H3,(H2,14,15,16,17,18). The Morgan fingerprint density at radius 2 is 1.83 bits per heavy atom. The van der Waals surface area contributed by atoms with Gasteiger partial charge >= 0.3 is 0 Å². The molecule has 0 radical (unpaired) electrons. The Balaban J connectivity index is 2.34. The number of aromatic nitrogens is 3. The summed E-state index contributed by atoms with van der Waals surface area (Å²) in [5.74, 6) is -0.179. The molecule has 0 aliphatic carbocycles. The first-order valence-corrected chi connectivity index (χ1v) is 5.66. The third-order valence-corrected chi connectivity index (χ3v) is 2.49. The molecule has 0 aliphatic heterocycles. The third-order valence-electron chi connectivity index (χ3n) is 2.03. The molecular formula is C10H8Cl2FN5. The molecule has 0 amide bonds. The van der Waals surface area contributed by atoms with E-state index in [-0.39, 0.29) is 27.9 Å². The molecule has 0 aliphatic rings. The summed E-state index contributed by atoms with van der Waals surface area (Å²) in [6.45, 7) is 0. The highest BCUT2D eigenvalue weighted by Gasteiger charge is 2.09. The lowest BCUT2D eigenvalue weighted by Gasteiger charge is -2.07. The molecule has 0 unspecified atom stereocenters. The lowest BCUT2D eigenvalue weighted by atomic mass is 10.3. The van der Waals surface area contributed by atoms with E-state index in [1.165, 1.54) is 12.1 Å². The number of benzene rings is 1. The van der Waals surface area contributed by atoms with Crippen LogP contribution in [0.4, 0.5) is 22.0 Å². The fraction of sp³-hybridized carbons (Fsp3) is 0.100. The maximum absolute atomic E-state index is 13.7. The molecule has 1 aromatic carbocycles. The van der Waals surface area contributed by atoms with Crippen molar-refractivity contribution in [2.75, 3.05) is 17.7 Å². The van der Waals surface area contributed by atoms with Crippen LogP contribution in [0.1, 0.15) is 0 Å². The predicted molar refractivity (Wildman–Crippen MR) is 69.1 cm³/mol. The summed E-state index contributed by atoms with van der Waals surface area (Å²) in [6, 6.07) is 4.56. The normalized spacial score (nSPS) is 10.2. The van der Waals surface area contributed by atoms with Gasteiger partial charge in [-0.3, -0.25) is 0 Å². The van der Waals surface area contributed by atoms with E-state index < -0.39 is 5.82 Å². The highest BCUT2D eigenvalue weighted by atomic mass is 35.5. The molecule has 5 nitrogen and oxygen atoms in total. The average molecular weight is 288 g/mol. The molecular weight excluding hydrogens is 280 g/mol. The van der Waals surface area contributed by atoms with Crippen molar-refractivity contribution in [3.63, 3.8) is 0 Å². The largest absolute Gasteiger partial charge is 0.357 e. The zero-order valence-corrected chi connectivity index (χ0v) is 10.7. The molecule has 0 saturated heterocycles. The van der Waals surface area contributed by atoms with Gasteiger partial charge in [0, 0.05) is 7.05 Å². The second kappa shape index (κ2) is 5.32. The van der Waals surface area contributed by atoms with Crippen molar-refractivity contribution in [2.45, 2.75) is 0 Å². The summed E-state index contributed by atoms with van der Waals surface area (Å²) in [5, 5.41) is 5.40. The van der Waals surface area contributed by atoms with E-state index in [0.717, 1.165) is 0 Å². The summed E-state index contributed by atoms with van der Waals surface area (Å²) in [5.41, 5.74) is 0.159. The van der Waals surface area contributed by atoms with Crippen molar-refractivity contribution in [3.05, 3.63) is 34.3 Å². The fourth-order valence-corrected chi connectivity index (χ4v) is 1.57. The van der Waals surface area contributed by atoms with Crippen molar-refractivity contribution in [1.29, 1.82) is 0 Å². The molecule has 1 heterocycles. The molecule has 94 valence electrons. The van der Waals surface area contributed by atoms with Crippen molar-refractivity contribution in [2.24, 2.45) is 0 Å². The van der Waals surface area contributed by atoms with Crippen LogP contribution in [0.25, 0.3) is 0 Å². The topological polar surface area (TPSA) is 62.7 Å². The molecule has 0 spiro atoms. The van der Waals surface area contributed by atoms with Crippen LogP contribution in [-0.2, 0) is 0 Å². The fourth-order valence-electron chi connectivity index (χ4n) is 1.24. The van der Waals surface area contributed by atoms with E-state index in [4.69, 9.17) is 23.2 Å². The highest BCUT2D eigenvalue weighted by Crippen LogP contribution is 2.24. The van der Waals surface area contributed by atoms with Gasteiger partial charge in [0.05, 0.1) is 10.7 Å². The molecule has 0 fully saturated rings. The van der Waals surface area contributed by atoms with E-state index in [2.05, 4.69) is 25.6 Å². The smallest absolute Gasteiger partial charge is 0.233 e. The van der Waals surface area contributed by atoms with Gasteiger partial charge in [0.1, 0.15) is 0 Å². The van der Waals surface area contributed by atoms with Crippen molar-refractivity contribution in [1.82, 2.24) is 15.0 Å². The number of rotatable bonds is 3. The molecule has 8 heteroatoms. The van der Waals surface area contributed by atoms with Gasteiger partial charge in [-0.1, -0.05) is 17.7 Å². The van der Waals surface area contributed by atoms with Crippen LogP contribution in [0, 0.1) is 5.82 Å². The molecule has 2 rings (SSSR count). The number of hydrogen-bond acceptors (Lipinski definition) is 5. The first kappa shape index (κ1) is 12.8. The first-order chi connectivity index (χ1) is 8.60. The molecule has 1 aromatic heterocycles. The molecule has 2 N–H and O–H groups in total. The second-order valence-electron chi connectivity index (χ2n) is 3.23. The second-order valence-corrected chi connectivity index (χ2v) is 3.97. The molecule has 2 aromatic rings. The Bertz CT molecular complexity index is 578. The maximum Gasteiger partial charge on any atom is 0.233 e. The molecule has 18 heavy (non-hydrogen) atoms. The van der Waals surface area contributed by atoms with Crippen molar-refractivity contribution in [3.8, 4) is 0 Å². The van der Waals surface area contributed by atoms with Crippen LogP contribution in [0.3, 0.4) is 0 Å². The summed E-state index contributed by atoms with van der Waals surface area (Å²) in [4.78, 5) is 11.6. The van der Waals surface area contributed by atoms with E-state index in [9.17, 15) is 4.39 Å². The minimum Gasteiger partial charge on any atom is -0.357 e. The number of anilines is 3. The lowest BCUT2D eigenvalue weighted by molar-refractivity contribution is 0.632. The average Bonchev–Trinajstić information content (AvgIpc) is 2.34. The summed E-state index contributed by atoms with van der Waals surface area (Å²) in [6.07, 6.45) is 0. The van der Waals surface area contributed by atoms with Crippen LogP contribution in [0.2, 0.25) is 10.3 Å². The van der Waals surface area contributed by atoms with Gasteiger partial charge in [0.2, 0.25) is 17.2 Å². The minimum atomic E-state index is -0.582. The van der Waals surface area contributed by atoms with Crippen molar-refractivity contribution < 1.29 is 4.39 Å². The Morgan fingerprint density at radius 3 is 2.56 bits per heavy atom. The van der Waals surface area contributed by atoms with Crippen LogP contribution < -0.4 is 10.6 Å². The summed E-state index contributed by atoms with van der Waals surface area (Å²) in [7, 11) is 1.63. The quantitative estimate of drug-likeness (QED) is 0.908. The van der Waals surface area contributed by atoms with Crippen LogP contribution in [0.15, 0.2) is 18.2 Å². The molecule has 0 atom stereocenters. The number of halogens is 3. The Kier molecular flexibility index (Phi) is 3.78. The van der Waals surface area contributed by atoms with E-state index in [0.29, 0.717) is 0 Å². The van der Waals surface area contributed by atoms with Gasteiger partial charge in [-0.2, -0.15) is 15.0 Å². The molecule has 0 saturated carbocycles.